The molecule has 72 heavy (non-hydrogen) atoms. The molecule has 3 aliphatic carbocycles. The molecule has 1 saturated carbocycles. The van der Waals surface area contributed by atoms with E-state index in [0.29, 0.717) is 48.2 Å². The number of unbranched alkanes of at least 4 members (excludes halogenated alkanes) is 1. The molecule has 4 aliphatic rings. The van der Waals surface area contributed by atoms with E-state index >= 15 is 0 Å². The van der Waals surface area contributed by atoms with E-state index in [2.05, 4.69) is 12.7 Å². The third kappa shape index (κ3) is 11.1. The van der Waals surface area contributed by atoms with Crippen LogP contribution < -0.4 is 5.43 Å². The van der Waals surface area contributed by atoms with Crippen LogP contribution in [0.2, 0.25) is 0 Å². The van der Waals surface area contributed by atoms with Crippen molar-refractivity contribution in [3.63, 3.8) is 0 Å². The second kappa shape index (κ2) is 22.2. The van der Waals surface area contributed by atoms with E-state index in [1.165, 1.54) is 13.0 Å². The van der Waals surface area contributed by atoms with Gasteiger partial charge in [-0.25, -0.2) is 0 Å². The maximum absolute atomic E-state index is 13.7. The first-order chi connectivity index (χ1) is 34.3. The molecule has 1 saturated heterocycles. The van der Waals surface area contributed by atoms with Gasteiger partial charge in [-0.05, 0) is 99.1 Å². The van der Waals surface area contributed by atoms with Crippen molar-refractivity contribution in [3.05, 3.63) is 118 Å². The maximum atomic E-state index is 13.7. The van der Waals surface area contributed by atoms with Gasteiger partial charge in [0.1, 0.15) is 35.8 Å². The molecule has 4 aromatic rings. The molecule has 0 spiro atoms. The Hall–Kier alpha value is -5.03. The molecule has 13 atom stereocenters. The fourth-order valence-corrected chi connectivity index (χ4v) is 11.4. The molecule has 8 rings (SSSR count). The molecule has 0 amide bonds. The Labute approximate surface area is 421 Å². The van der Waals surface area contributed by atoms with Crippen molar-refractivity contribution < 1.29 is 62.9 Å². The number of aliphatic hydroxyl groups excluding tert-OH is 4. The molecule has 2 fully saturated rings. The number of esters is 2. The molecular formula is C58H72O14. The number of ether oxygens (including phenoxy) is 6. The molecule has 1 aromatic heterocycles. The minimum atomic E-state index is -1.71. The predicted molar refractivity (Wildman–Crippen MR) is 272 cm³/mol. The van der Waals surface area contributed by atoms with Gasteiger partial charge in [0.25, 0.3) is 0 Å². The zero-order valence-corrected chi connectivity index (χ0v) is 42.6. The highest BCUT2D eigenvalue weighted by molar-refractivity contribution is 6.05. The summed E-state index contributed by atoms with van der Waals surface area (Å²) in [5.41, 5.74) is 2.77. The summed E-state index contributed by atoms with van der Waals surface area (Å²) in [6.45, 7) is 14.9. The lowest BCUT2D eigenvalue weighted by atomic mass is 9.68. The smallest absolute Gasteiger partial charge is 0.306 e. The van der Waals surface area contributed by atoms with Crippen LogP contribution in [0.3, 0.4) is 0 Å². The van der Waals surface area contributed by atoms with Crippen LogP contribution >= 0.6 is 0 Å². The number of aliphatic hydroxyl groups is 4. The van der Waals surface area contributed by atoms with Crippen LogP contribution in [-0.2, 0) is 44.4 Å². The van der Waals surface area contributed by atoms with Gasteiger partial charge in [0.2, 0.25) is 0 Å². The summed E-state index contributed by atoms with van der Waals surface area (Å²) in [6, 6.07) is 20.8. The first-order valence-corrected chi connectivity index (χ1v) is 25.5. The SMILES string of the molecule is C=CC(C)(C)OCC1OC(O[C@@H]2C3=C([C@H](C)COC(C)=O)C[C@H](O)[C@]3(C)/C=C3/[C@@H](COC)CC[C@H]3[C@@H](C)[C@H]2O)C(O)C(OC(=O)CCCCc2ccc(-c3cc(=O)c4c(ccc5ccccc54)o3)cc2)C1O. The first-order valence-electron chi connectivity index (χ1n) is 25.5. The van der Waals surface area contributed by atoms with Crippen LogP contribution in [0.25, 0.3) is 33.1 Å². The van der Waals surface area contributed by atoms with E-state index < -0.39 is 72.0 Å². The summed E-state index contributed by atoms with van der Waals surface area (Å²) in [4.78, 5) is 38.9. The fraction of sp³-hybridized carbons (Fsp3) is 0.534. The Morgan fingerprint density at radius 1 is 0.972 bits per heavy atom. The topological polar surface area (TPSA) is 201 Å². The molecule has 5 unspecified atom stereocenters. The number of hydrogen-bond acceptors (Lipinski definition) is 14. The van der Waals surface area contributed by atoms with Crippen molar-refractivity contribution in [1.29, 1.82) is 0 Å². The van der Waals surface area contributed by atoms with Gasteiger partial charge in [0.15, 0.2) is 17.8 Å². The van der Waals surface area contributed by atoms with Crippen LogP contribution in [0.4, 0.5) is 0 Å². The minimum absolute atomic E-state index is 0.00627. The summed E-state index contributed by atoms with van der Waals surface area (Å²) in [5, 5.41) is 50.9. The molecule has 388 valence electrons. The summed E-state index contributed by atoms with van der Waals surface area (Å²) in [5.74, 6) is -1.33. The highest BCUT2D eigenvalue weighted by Gasteiger charge is 2.56. The fourth-order valence-electron chi connectivity index (χ4n) is 11.4. The molecule has 3 aromatic carbocycles. The van der Waals surface area contributed by atoms with E-state index in [0.717, 1.165) is 45.9 Å². The van der Waals surface area contributed by atoms with Gasteiger partial charge in [-0.3, -0.25) is 14.4 Å². The largest absolute Gasteiger partial charge is 0.465 e. The van der Waals surface area contributed by atoms with Crippen LogP contribution in [0, 0.1) is 29.1 Å². The van der Waals surface area contributed by atoms with Gasteiger partial charge in [-0.1, -0.05) is 91.7 Å². The predicted octanol–water partition coefficient (Wildman–Crippen LogP) is 7.93. The molecule has 0 bridgehead atoms. The number of benzene rings is 3. The van der Waals surface area contributed by atoms with Crippen molar-refractivity contribution in [1.82, 2.24) is 0 Å². The Morgan fingerprint density at radius 2 is 1.72 bits per heavy atom. The summed E-state index contributed by atoms with van der Waals surface area (Å²) < 4.78 is 42.5. The molecule has 1 aliphatic heterocycles. The third-order valence-electron chi connectivity index (χ3n) is 15.7. The second-order valence-corrected chi connectivity index (χ2v) is 21.2. The lowest BCUT2D eigenvalue weighted by Gasteiger charge is -2.47. The van der Waals surface area contributed by atoms with E-state index in [4.69, 9.17) is 32.8 Å². The molecule has 2 heterocycles. The number of methoxy groups -OCH3 is 1. The van der Waals surface area contributed by atoms with Crippen molar-refractivity contribution >= 4 is 33.7 Å². The van der Waals surface area contributed by atoms with E-state index in [1.807, 2.05) is 81.4 Å². The summed E-state index contributed by atoms with van der Waals surface area (Å²) in [6.07, 6.45) is -3.43. The summed E-state index contributed by atoms with van der Waals surface area (Å²) in [7, 11) is 1.67. The van der Waals surface area contributed by atoms with Crippen molar-refractivity contribution in [2.45, 2.75) is 141 Å². The minimum Gasteiger partial charge on any atom is -0.465 e. The van der Waals surface area contributed by atoms with Gasteiger partial charge in [-0.2, -0.15) is 0 Å². The number of rotatable bonds is 18. The monoisotopic (exact) mass is 992 g/mol. The third-order valence-corrected chi connectivity index (χ3v) is 15.7. The summed E-state index contributed by atoms with van der Waals surface area (Å²) >= 11 is 0. The van der Waals surface area contributed by atoms with Crippen LogP contribution in [0.1, 0.15) is 85.6 Å². The highest BCUT2D eigenvalue weighted by Crippen LogP contribution is 2.56. The number of aryl methyl sites for hydroxylation is 1. The molecule has 14 heteroatoms. The van der Waals surface area contributed by atoms with Gasteiger partial charge < -0.3 is 53.3 Å². The van der Waals surface area contributed by atoms with Crippen molar-refractivity contribution in [2.75, 3.05) is 26.9 Å². The number of hydrogen-bond donors (Lipinski definition) is 4. The van der Waals surface area contributed by atoms with Crippen LogP contribution in [0.15, 0.2) is 111 Å². The Morgan fingerprint density at radius 3 is 2.44 bits per heavy atom. The van der Waals surface area contributed by atoms with Crippen LogP contribution in [-0.4, -0.2) is 114 Å². The zero-order chi connectivity index (χ0) is 51.6. The second-order valence-electron chi connectivity index (χ2n) is 21.2. The van der Waals surface area contributed by atoms with Crippen molar-refractivity contribution in [3.8, 4) is 11.3 Å². The Kier molecular flexibility index (Phi) is 16.4. The highest BCUT2D eigenvalue weighted by atomic mass is 16.7. The molecular weight excluding hydrogens is 921 g/mol. The van der Waals surface area contributed by atoms with Gasteiger partial charge in [0, 0.05) is 49.3 Å². The van der Waals surface area contributed by atoms with Crippen LogP contribution in [0.5, 0.6) is 0 Å². The maximum Gasteiger partial charge on any atom is 0.306 e. The van der Waals surface area contributed by atoms with Gasteiger partial charge in [0.05, 0.1) is 43.0 Å². The molecule has 14 nitrogen and oxygen atoms in total. The lowest BCUT2D eigenvalue weighted by molar-refractivity contribution is -0.320. The number of carbonyl (C=O) groups is 2. The quantitative estimate of drug-likeness (QED) is 0.0324. The van der Waals surface area contributed by atoms with E-state index in [9.17, 15) is 34.8 Å². The first kappa shape index (κ1) is 53.3. The number of carbonyl (C=O) groups excluding carboxylic acids is 2. The van der Waals surface area contributed by atoms with Crippen molar-refractivity contribution in [2.24, 2.45) is 29.1 Å². The molecule has 4 N–H and O–H groups in total. The Balaban J connectivity index is 0.990. The van der Waals surface area contributed by atoms with E-state index in [1.54, 1.807) is 27.0 Å². The van der Waals surface area contributed by atoms with Gasteiger partial charge in [-0.15, -0.1) is 6.58 Å². The average Bonchev–Trinajstić information content (AvgIpc) is 3.87. The average molecular weight is 993 g/mol. The van der Waals surface area contributed by atoms with E-state index in [-0.39, 0.29) is 55.2 Å². The molecule has 0 radical (unpaired) electrons. The zero-order valence-electron chi connectivity index (χ0n) is 42.6. The number of fused-ring (bicyclic) bond motifs is 5. The Bertz CT molecular complexity index is 2720. The lowest BCUT2D eigenvalue weighted by Crippen LogP contribution is -2.62. The standard InChI is InChI=1S/C58H72O14/c1-9-57(5,6)68-31-46-52(64)55(71-48(62)17-13-10-14-35-18-20-37(21-19-35)45-27-43(60)49-40-16-12-11-15-36(40)23-25-44(49)69-45)53(65)56(70-46)72-54-50-41(32(2)29-67-34(4)59)26-47(61)58(50,7)28-42-38(30-66-8)22-24-39(42)33(3)51(54)63/h9,11-12,15-16,18-21,23,25,27-28,32-33,38-39,46-47,51-56,61,63-65H,1,10,13-14,17,22,24,26,29-31H2,2-8H3/b42-28-/t32-,33-,38-,39+,46?,47+,51-,52?,53?,54-,55?,56?,58+/m1/s1. The normalized spacial score (nSPS) is 30.8. The van der Waals surface area contributed by atoms with Gasteiger partial charge >= 0.3 is 11.9 Å².